The number of rotatable bonds is 7. The first kappa shape index (κ1) is 47.2. The van der Waals surface area contributed by atoms with E-state index < -0.39 is 59.8 Å². The van der Waals surface area contributed by atoms with Gasteiger partial charge in [0.2, 0.25) is 5.79 Å². The van der Waals surface area contributed by atoms with Crippen LogP contribution in [0.3, 0.4) is 0 Å². The number of fused-ring (bicyclic) bond motifs is 3. The van der Waals surface area contributed by atoms with Crippen LogP contribution in [-0.2, 0) is 42.9 Å². The number of cyclic esters (lactones) is 1. The molecule has 57 heavy (non-hydrogen) atoms. The highest BCUT2D eigenvalue weighted by Crippen LogP contribution is 2.39. The van der Waals surface area contributed by atoms with Gasteiger partial charge in [0.05, 0.1) is 24.4 Å². The van der Waals surface area contributed by atoms with Crippen LogP contribution in [0.5, 0.6) is 0 Å². The minimum Gasteiger partial charge on any atom is -0.456 e. The normalized spacial score (nSPS) is 39.8. The van der Waals surface area contributed by atoms with Gasteiger partial charge in [-0.25, -0.2) is 4.79 Å². The van der Waals surface area contributed by atoms with Crippen molar-refractivity contribution in [1.29, 1.82) is 0 Å². The predicted octanol–water partition coefficient (Wildman–Crippen LogP) is 6.25. The van der Waals surface area contributed by atoms with Gasteiger partial charge in [0, 0.05) is 45.1 Å². The van der Waals surface area contributed by atoms with Crippen molar-refractivity contribution < 1.29 is 48.0 Å². The average Bonchev–Trinajstić information content (AvgIpc) is 3.17. The molecule has 13 atom stereocenters. The maximum absolute atomic E-state index is 14.3. The lowest BCUT2D eigenvalue weighted by atomic mass is 9.81. The summed E-state index contributed by atoms with van der Waals surface area (Å²) >= 11 is 0. The number of aliphatic hydroxyl groups is 1. The summed E-state index contributed by atoms with van der Waals surface area (Å²) in [5.74, 6) is -6.00. The number of methoxy groups -OCH3 is 2. The number of esters is 1. The van der Waals surface area contributed by atoms with Crippen LogP contribution in [0.4, 0.5) is 0 Å². The van der Waals surface area contributed by atoms with Gasteiger partial charge in [0.1, 0.15) is 24.0 Å². The molecule has 12 heteroatoms. The second-order valence-electron chi connectivity index (χ2n) is 18.1. The molecule has 4 aliphatic rings. The third kappa shape index (κ3) is 11.8. The molecule has 1 aliphatic carbocycles. The molecule has 13 unspecified atom stereocenters. The molecule has 4 rings (SSSR count). The molecule has 0 radical (unpaired) electrons. The second kappa shape index (κ2) is 21.2. The zero-order valence-corrected chi connectivity index (χ0v) is 36.5. The monoisotopic (exact) mass is 803 g/mol. The van der Waals surface area contributed by atoms with Crippen molar-refractivity contribution in [3.63, 3.8) is 0 Å². The van der Waals surface area contributed by atoms with Crippen LogP contribution in [0.15, 0.2) is 23.3 Å². The molecule has 324 valence electrons. The minimum absolute atomic E-state index is 0.0463. The number of Topliss-reactive ketones (excluding diaryl/α,β-unsaturated/α-hetero) is 2. The van der Waals surface area contributed by atoms with Crippen LogP contribution < -0.4 is 5.73 Å². The van der Waals surface area contributed by atoms with Crippen molar-refractivity contribution in [3.8, 4) is 0 Å². The molecular weight excluding hydrogens is 728 g/mol. The van der Waals surface area contributed by atoms with E-state index in [4.69, 9.17) is 29.4 Å². The Balaban J connectivity index is 1.73. The Bertz CT molecular complexity index is 1450. The van der Waals surface area contributed by atoms with Crippen molar-refractivity contribution in [3.05, 3.63) is 23.3 Å². The van der Waals surface area contributed by atoms with E-state index in [2.05, 4.69) is 19.1 Å². The van der Waals surface area contributed by atoms with Crippen LogP contribution in [0.2, 0.25) is 0 Å². The fourth-order valence-electron chi connectivity index (χ4n) is 9.69. The van der Waals surface area contributed by atoms with Gasteiger partial charge < -0.3 is 39.4 Å². The van der Waals surface area contributed by atoms with E-state index in [-0.39, 0.29) is 60.7 Å². The van der Waals surface area contributed by atoms with Crippen LogP contribution >= 0.6 is 0 Å². The van der Waals surface area contributed by atoms with E-state index in [1.54, 1.807) is 21.1 Å². The molecule has 1 saturated carbocycles. The Labute approximate surface area is 342 Å². The topological polar surface area (TPSA) is 164 Å². The smallest absolute Gasteiger partial charge is 0.329 e. The van der Waals surface area contributed by atoms with Crippen LogP contribution in [-0.4, -0.2) is 109 Å². The average molecular weight is 803 g/mol. The fourth-order valence-corrected chi connectivity index (χ4v) is 9.69. The van der Waals surface area contributed by atoms with E-state index in [1.165, 1.54) is 4.90 Å². The number of ketones is 2. The van der Waals surface area contributed by atoms with Crippen molar-refractivity contribution in [2.75, 3.05) is 20.8 Å². The van der Waals surface area contributed by atoms with Crippen LogP contribution in [0, 0.1) is 29.6 Å². The SMILES string of the molecule is CCC1/C=C(\C)CC(C)CC(OC)C2OC(O)(C(=O)C(=O)N3CCCCC3C(=O)OC(C(C)=CC3CCC(N)C(OC(C)C)C3)C(C)CCC1=O)C(C)CC2OC. The van der Waals surface area contributed by atoms with Gasteiger partial charge in [0.25, 0.3) is 11.7 Å². The zero-order valence-electron chi connectivity index (χ0n) is 36.5. The van der Waals surface area contributed by atoms with Crippen LogP contribution in [0.1, 0.15) is 132 Å². The molecule has 0 aromatic rings. The van der Waals surface area contributed by atoms with E-state index in [1.807, 2.05) is 41.5 Å². The first-order chi connectivity index (χ1) is 26.9. The number of amides is 1. The number of ether oxygens (including phenoxy) is 5. The highest BCUT2D eigenvalue weighted by molar-refractivity contribution is 6.39. The van der Waals surface area contributed by atoms with Crippen LogP contribution in [0.25, 0.3) is 0 Å². The number of allylic oxidation sites excluding steroid dienone is 3. The Morgan fingerprint density at radius 1 is 1.00 bits per heavy atom. The molecule has 0 aromatic heterocycles. The minimum atomic E-state index is -2.46. The molecule has 0 spiro atoms. The molecule has 0 aromatic carbocycles. The highest BCUT2D eigenvalue weighted by Gasteiger charge is 2.56. The van der Waals surface area contributed by atoms with Gasteiger partial charge >= 0.3 is 5.97 Å². The maximum Gasteiger partial charge on any atom is 0.329 e. The molecule has 12 nitrogen and oxygen atoms in total. The summed E-state index contributed by atoms with van der Waals surface area (Å²) in [6, 6.07) is -1.08. The Morgan fingerprint density at radius 2 is 1.68 bits per heavy atom. The number of carbonyl (C=O) groups is 4. The van der Waals surface area contributed by atoms with E-state index >= 15 is 0 Å². The molecule has 1 amide bonds. The number of nitrogens with two attached hydrogens (primary N) is 1. The molecule has 3 fully saturated rings. The quantitative estimate of drug-likeness (QED) is 0.170. The third-order valence-electron chi connectivity index (χ3n) is 13.0. The number of hydrogen-bond donors (Lipinski definition) is 2. The van der Waals surface area contributed by atoms with Gasteiger partial charge in [-0.2, -0.15) is 0 Å². The second-order valence-corrected chi connectivity index (χ2v) is 18.1. The first-order valence-electron chi connectivity index (χ1n) is 21.7. The molecular formula is C45H74N2O10. The van der Waals surface area contributed by atoms with Gasteiger partial charge in [-0.15, -0.1) is 0 Å². The summed E-state index contributed by atoms with van der Waals surface area (Å²) in [6.07, 6.45) is 8.59. The fraction of sp³-hybridized carbons (Fsp3) is 0.822. The molecule has 3 heterocycles. The number of piperidine rings is 1. The molecule has 3 N–H and O–H groups in total. The van der Waals surface area contributed by atoms with Gasteiger partial charge in [-0.05, 0) is 122 Å². The standard InChI is InChI=1S/C45H74N2O10/c1-11-33-21-27(4)20-28(5)22-38(53-9)41-39(54-10)24-31(8)45(52,57-41)42(49)43(50)47-19-13-12-14-35(47)44(51)56-40(29(6)15-18-36(33)48)30(7)23-32-16-17-34(46)37(25-32)55-26(2)3/h21,23,26,28-29,31-35,37-41,52H,11-20,22,24-25,46H2,1-10H3/b27-21+,30-23?. The van der Waals surface area contributed by atoms with Gasteiger partial charge in [-0.1, -0.05) is 45.4 Å². The van der Waals surface area contributed by atoms with Crippen molar-refractivity contribution in [1.82, 2.24) is 4.90 Å². The maximum atomic E-state index is 14.3. The Morgan fingerprint density at radius 3 is 2.33 bits per heavy atom. The predicted molar refractivity (Wildman–Crippen MR) is 218 cm³/mol. The number of hydrogen-bond acceptors (Lipinski definition) is 11. The number of carbonyl (C=O) groups excluding carboxylic acids is 4. The summed E-state index contributed by atoms with van der Waals surface area (Å²) in [4.78, 5) is 57.9. The van der Waals surface area contributed by atoms with Crippen molar-refractivity contribution >= 4 is 23.4 Å². The van der Waals surface area contributed by atoms with Crippen molar-refractivity contribution in [2.45, 2.75) is 187 Å². The largest absolute Gasteiger partial charge is 0.456 e. The number of nitrogens with zero attached hydrogens (tertiary/aromatic N) is 1. The Hall–Kier alpha value is -2.48. The summed E-state index contributed by atoms with van der Waals surface area (Å²) in [5.41, 5.74) is 8.41. The summed E-state index contributed by atoms with van der Waals surface area (Å²) in [7, 11) is 3.12. The lowest BCUT2D eigenvalue weighted by Crippen LogP contribution is -2.64. The summed E-state index contributed by atoms with van der Waals surface area (Å²) in [5, 5.41) is 12.0. The first-order valence-corrected chi connectivity index (χ1v) is 21.7. The lowest BCUT2D eigenvalue weighted by Gasteiger charge is -2.47. The van der Waals surface area contributed by atoms with Crippen molar-refractivity contribution in [2.24, 2.45) is 35.3 Å². The molecule has 3 aliphatic heterocycles. The molecule has 2 bridgehead atoms. The van der Waals surface area contributed by atoms with Gasteiger partial charge in [0.15, 0.2) is 0 Å². The lowest BCUT2D eigenvalue weighted by molar-refractivity contribution is -0.302. The summed E-state index contributed by atoms with van der Waals surface area (Å²) < 4.78 is 30.6. The zero-order chi connectivity index (χ0) is 42.2. The third-order valence-corrected chi connectivity index (χ3v) is 13.0. The highest BCUT2D eigenvalue weighted by atomic mass is 16.7. The summed E-state index contributed by atoms with van der Waals surface area (Å²) in [6.45, 7) is 16.0. The van der Waals surface area contributed by atoms with E-state index in [9.17, 15) is 24.3 Å². The van der Waals surface area contributed by atoms with E-state index in [0.717, 1.165) is 30.4 Å². The van der Waals surface area contributed by atoms with E-state index in [0.29, 0.717) is 51.4 Å². The van der Waals surface area contributed by atoms with Gasteiger partial charge in [-0.3, -0.25) is 14.4 Å². The molecule has 2 saturated heterocycles. The Kier molecular flexibility index (Phi) is 17.5.